The van der Waals surface area contributed by atoms with Crippen molar-refractivity contribution >= 4 is 11.6 Å². The van der Waals surface area contributed by atoms with Crippen LogP contribution in [-0.4, -0.2) is 31.2 Å². The molecule has 5 heteroatoms. The first-order chi connectivity index (χ1) is 9.24. The zero-order valence-electron chi connectivity index (χ0n) is 11.4. The van der Waals surface area contributed by atoms with Crippen LogP contribution in [0.5, 0.6) is 5.75 Å². The van der Waals surface area contributed by atoms with Gasteiger partial charge >= 0.3 is 0 Å². The molecule has 0 radical (unpaired) electrons. The third-order valence-corrected chi connectivity index (χ3v) is 2.81. The smallest absolute Gasteiger partial charge is 0.229 e. The second-order valence-corrected chi connectivity index (χ2v) is 4.18. The molecule has 0 saturated carbocycles. The van der Waals surface area contributed by atoms with Gasteiger partial charge in [-0.2, -0.15) is 0 Å². The van der Waals surface area contributed by atoms with Crippen molar-refractivity contribution in [2.75, 3.05) is 26.1 Å². The topological polar surface area (TPSA) is 50.3 Å². The summed E-state index contributed by atoms with van der Waals surface area (Å²) in [4.78, 5) is 10.6. The lowest BCUT2D eigenvalue weighted by atomic mass is 10.3. The molecule has 0 spiro atoms. The molecule has 0 fully saturated rings. The molecule has 0 saturated heterocycles. The zero-order chi connectivity index (χ0) is 13.7. The van der Waals surface area contributed by atoms with Gasteiger partial charge in [0.15, 0.2) is 0 Å². The van der Waals surface area contributed by atoms with E-state index < -0.39 is 0 Å². The van der Waals surface area contributed by atoms with Gasteiger partial charge in [0.25, 0.3) is 0 Å². The first-order valence-electron chi connectivity index (χ1n) is 6.08. The fraction of sp³-hybridized carbons (Fsp3) is 0.286. The molecule has 1 aromatic carbocycles. The number of ether oxygens (including phenoxy) is 1. The Kier molecular flexibility index (Phi) is 4.30. The van der Waals surface area contributed by atoms with Crippen LogP contribution in [0.15, 0.2) is 36.7 Å². The van der Waals surface area contributed by atoms with Crippen molar-refractivity contribution < 1.29 is 4.74 Å². The van der Waals surface area contributed by atoms with Crippen molar-refractivity contribution in [3.05, 3.63) is 42.2 Å². The quantitative estimate of drug-likeness (QED) is 0.888. The van der Waals surface area contributed by atoms with Gasteiger partial charge in [0.2, 0.25) is 5.95 Å². The van der Waals surface area contributed by atoms with Gasteiger partial charge in [0.1, 0.15) is 5.75 Å². The Morgan fingerprint density at radius 2 is 2.00 bits per heavy atom. The molecule has 2 rings (SSSR count). The third kappa shape index (κ3) is 3.20. The van der Waals surface area contributed by atoms with E-state index >= 15 is 0 Å². The van der Waals surface area contributed by atoms with E-state index in [-0.39, 0.29) is 0 Å². The highest BCUT2D eigenvalue weighted by atomic mass is 16.5. The SMILES string of the molecule is CNCc1cnc(N(C)c2cccc(OC)c2)nc1. The van der Waals surface area contributed by atoms with Gasteiger partial charge in [-0.05, 0) is 19.2 Å². The molecule has 0 atom stereocenters. The van der Waals surface area contributed by atoms with Crippen LogP contribution in [0.3, 0.4) is 0 Å². The van der Waals surface area contributed by atoms with E-state index in [4.69, 9.17) is 4.74 Å². The first-order valence-corrected chi connectivity index (χ1v) is 6.08. The van der Waals surface area contributed by atoms with E-state index in [2.05, 4.69) is 15.3 Å². The van der Waals surface area contributed by atoms with Gasteiger partial charge < -0.3 is 15.0 Å². The van der Waals surface area contributed by atoms with Gasteiger partial charge in [-0.3, -0.25) is 0 Å². The zero-order valence-corrected chi connectivity index (χ0v) is 11.4. The normalized spacial score (nSPS) is 10.3. The molecule has 2 aromatic rings. The summed E-state index contributed by atoms with van der Waals surface area (Å²) in [5, 5.41) is 3.07. The molecule has 0 amide bonds. The number of methoxy groups -OCH3 is 1. The molecule has 5 nitrogen and oxygen atoms in total. The predicted octanol–water partition coefficient (Wildman–Crippen LogP) is 1.97. The number of benzene rings is 1. The van der Waals surface area contributed by atoms with E-state index in [1.54, 1.807) is 7.11 Å². The molecule has 100 valence electrons. The lowest BCUT2D eigenvalue weighted by Crippen LogP contribution is -2.14. The Labute approximate surface area is 113 Å². The van der Waals surface area contributed by atoms with E-state index in [1.165, 1.54) is 0 Å². The minimum absolute atomic E-state index is 0.660. The summed E-state index contributed by atoms with van der Waals surface area (Å²) >= 11 is 0. The average Bonchev–Trinajstić information content (AvgIpc) is 2.48. The largest absolute Gasteiger partial charge is 0.497 e. The van der Waals surface area contributed by atoms with Gasteiger partial charge in [-0.25, -0.2) is 9.97 Å². The van der Waals surface area contributed by atoms with Crippen LogP contribution in [0.4, 0.5) is 11.6 Å². The minimum atomic E-state index is 0.660. The Morgan fingerprint density at radius 3 is 2.63 bits per heavy atom. The Bertz CT molecular complexity index is 527. The summed E-state index contributed by atoms with van der Waals surface area (Å²) in [6, 6.07) is 7.80. The van der Waals surface area contributed by atoms with Crippen molar-refractivity contribution in [3.8, 4) is 5.75 Å². The van der Waals surface area contributed by atoms with Crippen LogP contribution in [-0.2, 0) is 6.54 Å². The predicted molar refractivity (Wildman–Crippen MR) is 75.9 cm³/mol. The maximum absolute atomic E-state index is 5.22. The molecule has 1 heterocycles. The monoisotopic (exact) mass is 258 g/mol. The number of nitrogens with zero attached hydrogens (tertiary/aromatic N) is 3. The van der Waals surface area contributed by atoms with E-state index in [1.807, 2.05) is 55.7 Å². The average molecular weight is 258 g/mol. The summed E-state index contributed by atoms with van der Waals surface area (Å²) < 4.78 is 5.22. The number of aromatic nitrogens is 2. The summed E-state index contributed by atoms with van der Waals surface area (Å²) in [6.45, 7) is 0.767. The number of nitrogens with one attached hydrogen (secondary N) is 1. The molecule has 0 unspecified atom stereocenters. The minimum Gasteiger partial charge on any atom is -0.497 e. The van der Waals surface area contributed by atoms with E-state index in [0.29, 0.717) is 5.95 Å². The number of rotatable bonds is 5. The Hall–Kier alpha value is -2.14. The van der Waals surface area contributed by atoms with Gasteiger partial charge in [0, 0.05) is 43.3 Å². The van der Waals surface area contributed by atoms with E-state index in [0.717, 1.165) is 23.5 Å². The van der Waals surface area contributed by atoms with Crippen LogP contribution >= 0.6 is 0 Å². The van der Waals surface area contributed by atoms with Crippen molar-refractivity contribution in [1.29, 1.82) is 0 Å². The fourth-order valence-electron chi connectivity index (χ4n) is 1.75. The summed E-state index contributed by atoms with van der Waals surface area (Å²) in [5.74, 6) is 1.48. The molecule has 19 heavy (non-hydrogen) atoms. The molecule has 0 bridgehead atoms. The van der Waals surface area contributed by atoms with Crippen LogP contribution in [0, 0.1) is 0 Å². The van der Waals surface area contributed by atoms with E-state index in [9.17, 15) is 0 Å². The molecular formula is C14H18N4O. The second-order valence-electron chi connectivity index (χ2n) is 4.18. The highest BCUT2D eigenvalue weighted by molar-refractivity contribution is 5.58. The number of hydrogen-bond donors (Lipinski definition) is 1. The fourth-order valence-corrected chi connectivity index (χ4v) is 1.75. The van der Waals surface area contributed by atoms with Crippen LogP contribution in [0.1, 0.15) is 5.56 Å². The second kappa shape index (κ2) is 6.15. The molecule has 0 aliphatic carbocycles. The van der Waals surface area contributed by atoms with Gasteiger partial charge in [-0.15, -0.1) is 0 Å². The molecule has 1 aromatic heterocycles. The van der Waals surface area contributed by atoms with Crippen LogP contribution in [0.25, 0.3) is 0 Å². The Morgan fingerprint density at radius 1 is 1.26 bits per heavy atom. The molecule has 0 aliphatic heterocycles. The number of anilines is 2. The molecular weight excluding hydrogens is 240 g/mol. The van der Waals surface area contributed by atoms with Crippen molar-refractivity contribution in [1.82, 2.24) is 15.3 Å². The van der Waals surface area contributed by atoms with Crippen LogP contribution in [0.2, 0.25) is 0 Å². The number of hydrogen-bond acceptors (Lipinski definition) is 5. The van der Waals surface area contributed by atoms with Crippen molar-refractivity contribution in [2.45, 2.75) is 6.54 Å². The summed E-state index contributed by atoms with van der Waals surface area (Å²) in [7, 11) is 5.49. The molecule has 0 aliphatic rings. The highest BCUT2D eigenvalue weighted by Gasteiger charge is 2.07. The summed E-state index contributed by atoms with van der Waals surface area (Å²) in [6.07, 6.45) is 3.66. The lowest BCUT2D eigenvalue weighted by molar-refractivity contribution is 0.415. The first kappa shape index (κ1) is 13.3. The van der Waals surface area contributed by atoms with Crippen molar-refractivity contribution in [3.63, 3.8) is 0 Å². The van der Waals surface area contributed by atoms with Crippen molar-refractivity contribution in [2.24, 2.45) is 0 Å². The lowest BCUT2D eigenvalue weighted by Gasteiger charge is -2.17. The molecule has 1 N–H and O–H groups in total. The van der Waals surface area contributed by atoms with Gasteiger partial charge in [-0.1, -0.05) is 6.07 Å². The highest BCUT2D eigenvalue weighted by Crippen LogP contribution is 2.23. The summed E-state index contributed by atoms with van der Waals surface area (Å²) in [5.41, 5.74) is 2.05. The maximum Gasteiger partial charge on any atom is 0.229 e. The third-order valence-electron chi connectivity index (χ3n) is 2.81. The maximum atomic E-state index is 5.22. The Balaban J connectivity index is 2.20. The standard InChI is InChI=1S/C14H18N4O/c1-15-8-11-9-16-14(17-10-11)18(2)12-5-4-6-13(7-12)19-3/h4-7,9-10,15H,8H2,1-3H3. The van der Waals surface area contributed by atoms with Crippen LogP contribution < -0.4 is 15.0 Å². The van der Waals surface area contributed by atoms with Gasteiger partial charge in [0.05, 0.1) is 7.11 Å².